The molecule has 0 saturated carbocycles. The van der Waals surface area contributed by atoms with Crippen LogP contribution in [0.5, 0.6) is 0 Å². The van der Waals surface area contributed by atoms with E-state index in [9.17, 15) is 5.11 Å². The Bertz CT molecular complexity index is 677. The second kappa shape index (κ2) is 4.42. The highest BCUT2D eigenvalue weighted by Crippen LogP contribution is 2.47. The number of fused-ring (bicyclic) bond motifs is 3. The van der Waals surface area contributed by atoms with Crippen molar-refractivity contribution in [3.05, 3.63) is 42.4 Å². The fourth-order valence-electron chi connectivity index (χ4n) is 3.79. The van der Waals surface area contributed by atoms with E-state index in [0.717, 1.165) is 5.69 Å². The van der Waals surface area contributed by atoms with E-state index in [1.807, 2.05) is 12.5 Å². The number of aliphatic hydroxyl groups excluding tert-OH is 1. The van der Waals surface area contributed by atoms with Gasteiger partial charge in [0.15, 0.2) is 0 Å². The van der Waals surface area contributed by atoms with Crippen molar-refractivity contribution < 1.29 is 9.84 Å². The second-order valence-electron chi connectivity index (χ2n) is 6.83. The van der Waals surface area contributed by atoms with Crippen LogP contribution in [0, 0.1) is 11.3 Å². The average molecular weight is 284 g/mol. The van der Waals surface area contributed by atoms with E-state index in [1.54, 1.807) is 0 Å². The molecular formula is C17H20N2O2. The zero-order valence-electron chi connectivity index (χ0n) is 12.4. The van der Waals surface area contributed by atoms with Crippen LogP contribution in [0.1, 0.15) is 25.5 Å². The summed E-state index contributed by atoms with van der Waals surface area (Å²) in [6.45, 7) is 5.33. The minimum Gasteiger partial charge on any atom is -0.392 e. The number of aliphatic hydroxyl groups is 1. The number of hydrogen-bond donors (Lipinski definition) is 1. The smallest absolute Gasteiger partial charge is 0.0956 e. The van der Waals surface area contributed by atoms with Crippen LogP contribution in [0.2, 0.25) is 0 Å². The summed E-state index contributed by atoms with van der Waals surface area (Å²) in [6, 6.07) is 8.50. The summed E-state index contributed by atoms with van der Waals surface area (Å²) in [5, 5.41) is 10.8. The average Bonchev–Trinajstić information content (AvgIpc) is 3.03. The van der Waals surface area contributed by atoms with Crippen LogP contribution < -0.4 is 0 Å². The van der Waals surface area contributed by atoms with E-state index in [1.165, 1.54) is 11.1 Å². The van der Waals surface area contributed by atoms with Gasteiger partial charge in [0.25, 0.3) is 0 Å². The molecule has 2 aliphatic heterocycles. The molecule has 110 valence electrons. The van der Waals surface area contributed by atoms with E-state index < -0.39 is 6.10 Å². The molecule has 0 aliphatic carbocycles. The summed E-state index contributed by atoms with van der Waals surface area (Å²) < 4.78 is 7.98. The largest absolute Gasteiger partial charge is 0.392 e. The molecule has 0 bridgehead atoms. The molecule has 2 unspecified atom stereocenters. The molecule has 4 heteroatoms. The number of hydrogen-bond acceptors (Lipinski definition) is 3. The molecule has 1 N–H and O–H groups in total. The van der Waals surface area contributed by atoms with E-state index >= 15 is 0 Å². The Hall–Kier alpha value is -1.65. The normalized spacial score (nSPS) is 30.0. The Morgan fingerprint density at radius 2 is 2.14 bits per heavy atom. The quantitative estimate of drug-likeness (QED) is 0.875. The first-order valence-electron chi connectivity index (χ1n) is 7.46. The standard InChI is InChI=1S/C17H20N2O2/c1-17(2)9-21-8-13(16(17)20)15-12-6-4-3-5-11(12)14-7-18-10-19(14)15/h3-7,10,13,15-16,20H,8-9H2,1-2H3/t13?,15-,16?/m0/s1. The SMILES string of the molecule is CC1(C)COCC([C@@H]2c3ccccc3-c3cncn32)C1O. The Balaban J connectivity index is 1.82. The van der Waals surface area contributed by atoms with E-state index in [0.29, 0.717) is 13.2 Å². The van der Waals surface area contributed by atoms with Gasteiger partial charge in [-0.1, -0.05) is 38.1 Å². The molecule has 4 rings (SSSR count). The monoisotopic (exact) mass is 284 g/mol. The molecule has 0 amide bonds. The molecule has 1 saturated heterocycles. The number of rotatable bonds is 1. The molecule has 0 radical (unpaired) electrons. The first-order chi connectivity index (χ1) is 10.1. The minimum atomic E-state index is -0.391. The van der Waals surface area contributed by atoms with Crippen molar-refractivity contribution >= 4 is 0 Å². The molecule has 2 aliphatic rings. The van der Waals surface area contributed by atoms with Crippen molar-refractivity contribution in [2.24, 2.45) is 11.3 Å². The van der Waals surface area contributed by atoms with Gasteiger partial charge in [0.1, 0.15) is 0 Å². The topological polar surface area (TPSA) is 47.3 Å². The van der Waals surface area contributed by atoms with Gasteiger partial charge in [-0.25, -0.2) is 4.98 Å². The van der Waals surface area contributed by atoms with Crippen molar-refractivity contribution in [2.45, 2.75) is 26.0 Å². The summed E-state index contributed by atoms with van der Waals surface area (Å²) in [6.07, 6.45) is 3.38. The summed E-state index contributed by atoms with van der Waals surface area (Å²) in [5.74, 6) is 0.0466. The summed E-state index contributed by atoms with van der Waals surface area (Å²) >= 11 is 0. The fourth-order valence-corrected chi connectivity index (χ4v) is 3.79. The molecule has 4 nitrogen and oxygen atoms in total. The van der Waals surface area contributed by atoms with Gasteiger partial charge in [-0.05, 0) is 5.56 Å². The molecule has 1 aromatic heterocycles. The molecular weight excluding hydrogens is 264 g/mol. The van der Waals surface area contributed by atoms with E-state index in [2.05, 4.69) is 47.7 Å². The molecule has 3 atom stereocenters. The lowest BCUT2D eigenvalue weighted by Crippen LogP contribution is -2.49. The van der Waals surface area contributed by atoms with Crippen molar-refractivity contribution in [1.82, 2.24) is 9.55 Å². The summed E-state index contributed by atoms with van der Waals surface area (Å²) in [4.78, 5) is 4.29. The van der Waals surface area contributed by atoms with Crippen molar-refractivity contribution in [3.63, 3.8) is 0 Å². The minimum absolute atomic E-state index is 0.0466. The lowest BCUT2D eigenvalue weighted by Gasteiger charge is -2.43. The first-order valence-corrected chi connectivity index (χ1v) is 7.46. The van der Waals surface area contributed by atoms with Gasteiger partial charge < -0.3 is 14.4 Å². The van der Waals surface area contributed by atoms with Crippen LogP contribution in [-0.4, -0.2) is 34.0 Å². The third-order valence-electron chi connectivity index (χ3n) is 4.92. The maximum absolute atomic E-state index is 10.8. The maximum atomic E-state index is 10.8. The number of ether oxygens (including phenoxy) is 1. The predicted octanol–water partition coefficient (Wildman–Crippen LogP) is 2.49. The van der Waals surface area contributed by atoms with Crippen LogP contribution in [0.15, 0.2) is 36.8 Å². The van der Waals surface area contributed by atoms with Crippen LogP contribution in [0.3, 0.4) is 0 Å². The van der Waals surface area contributed by atoms with Crippen molar-refractivity contribution in [1.29, 1.82) is 0 Å². The summed E-state index contributed by atoms with van der Waals surface area (Å²) in [7, 11) is 0. The Morgan fingerprint density at radius 1 is 1.33 bits per heavy atom. The zero-order valence-corrected chi connectivity index (χ0v) is 12.4. The van der Waals surface area contributed by atoms with E-state index in [4.69, 9.17) is 4.74 Å². The molecule has 3 heterocycles. The van der Waals surface area contributed by atoms with Gasteiger partial charge in [-0.3, -0.25) is 0 Å². The third-order valence-corrected chi connectivity index (χ3v) is 4.92. The lowest BCUT2D eigenvalue weighted by molar-refractivity contribution is -0.129. The molecule has 1 fully saturated rings. The van der Waals surface area contributed by atoms with Gasteiger partial charge >= 0.3 is 0 Å². The molecule has 2 aromatic rings. The Kier molecular flexibility index (Phi) is 2.75. The molecule has 21 heavy (non-hydrogen) atoms. The molecule has 0 spiro atoms. The van der Waals surface area contributed by atoms with Crippen LogP contribution >= 0.6 is 0 Å². The van der Waals surface area contributed by atoms with Crippen LogP contribution in [-0.2, 0) is 4.74 Å². The van der Waals surface area contributed by atoms with Gasteiger partial charge in [-0.15, -0.1) is 0 Å². The highest BCUT2D eigenvalue weighted by Gasteiger charge is 2.45. The maximum Gasteiger partial charge on any atom is 0.0956 e. The number of imidazole rings is 1. The molecule has 1 aromatic carbocycles. The van der Waals surface area contributed by atoms with Crippen molar-refractivity contribution in [3.8, 4) is 11.3 Å². The highest BCUT2D eigenvalue weighted by molar-refractivity contribution is 5.69. The van der Waals surface area contributed by atoms with Crippen LogP contribution in [0.4, 0.5) is 0 Å². The first kappa shape index (κ1) is 13.0. The van der Waals surface area contributed by atoms with E-state index in [-0.39, 0.29) is 17.4 Å². The van der Waals surface area contributed by atoms with Gasteiger partial charge in [0, 0.05) is 16.9 Å². The van der Waals surface area contributed by atoms with Crippen molar-refractivity contribution in [2.75, 3.05) is 13.2 Å². The number of aromatic nitrogens is 2. The zero-order chi connectivity index (χ0) is 14.6. The predicted molar refractivity (Wildman–Crippen MR) is 79.9 cm³/mol. The lowest BCUT2D eigenvalue weighted by atomic mass is 9.74. The number of nitrogens with zero attached hydrogens (tertiary/aromatic N) is 2. The Morgan fingerprint density at radius 3 is 3.00 bits per heavy atom. The van der Waals surface area contributed by atoms with Crippen LogP contribution in [0.25, 0.3) is 11.3 Å². The Labute approximate surface area is 124 Å². The number of benzene rings is 1. The van der Waals surface area contributed by atoms with Gasteiger partial charge in [0.05, 0.1) is 43.6 Å². The van der Waals surface area contributed by atoms with Gasteiger partial charge in [0.2, 0.25) is 0 Å². The second-order valence-corrected chi connectivity index (χ2v) is 6.83. The summed E-state index contributed by atoms with van der Waals surface area (Å²) in [5.41, 5.74) is 3.39. The van der Waals surface area contributed by atoms with Gasteiger partial charge in [-0.2, -0.15) is 0 Å². The highest BCUT2D eigenvalue weighted by atomic mass is 16.5. The fraction of sp³-hybridized carbons (Fsp3) is 0.471. The third kappa shape index (κ3) is 1.79.